The molecule has 0 aliphatic carbocycles. The summed E-state index contributed by atoms with van der Waals surface area (Å²) in [7, 11) is 0. The van der Waals surface area contributed by atoms with Crippen molar-refractivity contribution >= 4 is 11.7 Å². The molecule has 1 aliphatic rings. The van der Waals surface area contributed by atoms with E-state index >= 15 is 0 Å². The van der Waals surface area contributed by atoms with Crippen molar-refractivity contribution in [2.24, 2.45) is 0 Å². The molecule has 0 fully saturated rings. The number of ether oxygens (including phenoxy) is 1. The van der Waals surface area contributed by atoms with Gasteiger partial charge in [0.25, 0.3) is 0 Å². The molecule has 0 aromatic heterocycles. The molecular formula is C15H17F3N2O2. The zero-order valence-electron chi connectivity index (χ0n) is 12.1. The lowest BCUT2D eigenvalue weighted by molar-refractivity contribution is -0.274. The van der Waals surface area contributed by atoms with E-state index in [1.807, 2.05) is 19.1 Å². The van der Waals surface area contributed by atoms with Crippen molar-refractivity contribution in [1.29, 1.82) is 0 Å². The van der Waals surface area contributed by atoms with E-state index in [0.717, 1.165) is 18.9 Å². The maximum absolute atomic E-state index is 12.4. The first kappa shape index (κ1) is 16.2. The lowest BCUT2D eigenvalue weighted by Crippen LogP contribution is -2.39. The van der Waals surface area contributed by atoms with Gasteiger partial charge in [-0.3, -0.25) is 0 Å². The summed E-state index contributed by atoms with van der Waals surface area (Å²) in [6.45, 7) is 2.45. The predicted molar refractivity (Wildman–Crippen MR) is 76.7 cm³/mol. The highest BCUT2D eigenvalue weighted by molar-refractivity contribution is 5.91. The summed E-state index contributed by atoms with van der Waals surface area (Å²) < 4.78 is 41.0. The van der Waals surface area contributed by atoms with E-state index in [1.165, 1.54) is 18.2 Å². The van der Waals surface area contributed by atoms with Crippen LogP contribution in [0.3, 0.4) is 0 Å². The number of rotatable bonds is 4. The maximum Gasteiger partial charge on any atom is 0.573 e. The first-order chi connectivity index (χ1) is 10.4. The largest absolute Gasteiger partial charge is 0.573 e. The van der Waals surface area contributed by atoms with E-state index in [-0.39, 0.29) is 11.7 Å². The smallest absolute Gasteiger partial charge is 0.404 e. The number of halogens is 3. The van der Waals surface area contributed by atoms with Gasteiger partial charge in [0.15, 0.2) is 5.75 Å². The summed E-state index contributed by atoms with van der Waals surface area (Å²) in [6.07, 6.45) is 0.719. The molecule has 1 N–H and O–H groups in total. The van der Waals surface area contributed by atoms with Gasteiger partial charge >= 0.3 is 12.4 Å². The third kappa shape index (κ3) is 4.16. The monoisotopic (exact) mass is 314 g/mol. The predicted octanol–water partition coefficient (Wildman–Crippen LogP) is 4.16. The van der Waals surface area contributed by atoms with Crippen LogP contribution in [0.4, 0.5) is 23.7 Å². The van der Waals surface area contributed by atoms with E-state index in [2.05, 4.69) is 10.1 Å². The zero-order chi connectivity index (χ0) is 16.2. The van der Waals surface area contributed by atoms with E-state index in [4.69, 9.17) is 0 Å². The second kappa shape index (κ2) is 6.72. The molecule has 7 heteroatoms. The van der Waals surface area contributed by atoms with Crippen LogP contribution in [-0.4, -0.2) is 29.9 Å². The Hall–Kier alpha value is -2.18. The molecule has 0 spiro atoms. The molecule has 1 unspecified atom stereocenters. The van der Waals surface area contributed by atoms with Crippen LogP contribution in [0, 0.1) is 0 Å². The van der Waals surface area contributed by atoms with Crippen molar-refractivity contribution in [2.75, 3.05) is 11.9 Å². The summed E-state index contributed by atoms with van der Waals surface area (Å²) in [6, 6.07) is 5.01. The number of benzene rings is 1. The topological polar surface area (TPSA) is 41.6 Å². The normalized spacial score (nSPS) is 17.6. The maximum atomic E-state index is 12.4. The number of urea groups is 1. The molecule has 0 bridgehead atoms. The van der Waals surface area contributed by atoms with Gasteiger partial charge in [-0.25, -0.2) is 4.79 Å². The Bertz CT molecular complexity index is 558. The molecule has 0 saturated carbocycles. The molecule has 1 aromatic rings. The number of hydrogen-bond acceptors (Lipinski definition) is 2. The molecule has 1 aromatic carbocycles. The third-order valence-electron chi connectivity index (χ3n) is 3.26. The average Bonchev–Trinajstić information content (AvgIpc) is 2.88. The number of alkyl halides is 3. The van der Waals surface area contributed by atoms with Crippen LogP contribution in [-0.2, 0) is 0 Å². The van der Waals surface area contributed by atoms with Crippen molar-refractivity contribution < 1.29 is 22.7 Å². The molecular weight excluding hydrogens is 297 g/mol. The van der Waals surface area contributed by atoms with Crippen LogP contribution >= 0.6 is 0 Å². The zero-order valence-corrected chi connectivity index (χ0v) is 12.1. The molecule has 0 radical (unpaired) electrons. The van der Waals surface area contributed by atoms with Gasteiger partial charge in [0.1, 0.15) is 0 Å². The number of carbonyl (C=O) groups excluding carboxylic acids is 1. The minimum atomic E-state index is -4.80. The number of nitrogens with zero attached hydrogens (tertiary/aromatic N) is 1. The molecule has 0 saturated heterocycles. The fraction of sp³-hybridized carbons (Fsp3) is 0.400. The van der Waals surface area contributed by atoms with Crippen molar-refractivity contribution in [3.05, 3.63) is 36.4 Å². The fourth-order valence-electron chi connectivity index (χ4n) is 2.32. The van der Waals surface area contributed by atoms with Crippen LogP contribution < -0.4 is 10.1 Å². The van der Waals surface area contributed by atoms with Gasteiger partial charge in [0, 0.05) is 6.54 Å². The molecule has 1 aliphatic heterocycles. The summed E-state index contributed by atoms with van der Waals surface area (Å²) in [4.78, 5) is 13.8. The first-order valence-corrected chi connectivity index (χ1v) is 6.99. The van der Waals surface area contributed by atoms with E-state index in [9.17, 15) is 18.0 Å². The van der Waals surface area contributed by atoms with Gasteiger partial charge in [0.2, 0.25) is 0 Å². The molecule has 1 atom stereocenters. The first-order valence-electron chi connectivity index (χ1n) is 6.99. The van der Waals surface area contributed by atoms with Gasteiger partial charge in [-0.1, -0.05) is 37.6 Å². The lowest BCUT2D eigenvalue weighted by Gasteiger charge is -2.25. The molecule has 2 rings (SSSR count). The molecule has 1 heterocycles. The molecule has 4 nitrogen and oxygen atoms in total. The average molecular weight is 314 g/mol. The molecule has 120 valence electrons. The Labute approximate surface area is 126 Å². The van der Waals surface area contributed by atoms with Gasteiger partial charge in [-0.05, 0) is 18.6 Å². The summed E-state index contributed by atoms with van der Waals surface area (Å²) in [5.41, 5.74) is -0.00743. The Kier molecular flexibility index (Phi) is 4.95. The van der Waals surface area contributed by atoms with Crippen LogP contribution in [0.25, 0.3) is 0 Å². The van der Waals surface area contributed by atoms with E-state index < -0.39 is 18.1 Å². The summed E-state index contributed by atoms with van der Waals surface area (Å²) >= 11 is 0. The number of para-hydroxylation sites is 2. The van der Waals surface area contributed by atoms with Gasteiger partial charge in [-0.2, -0.15) is 0 Å². The van der Waals surface area contributed by atoms with Crippen molar-refractivity contribution in [3.8, 4) is 5.75 Å². The highest BCUT2D eigenvalue weighted by Crippen LogP contribution is 2.30. The fourth-order valence-corrected chi connectivity index (χ4v) is 2.32. The summed E-state index contributed by atoms with van der Waals surface area (Å²) in [5.74, 6) is -0.428. The highest BCUT2D eigenvalue weighted by atomic mass is 19.4. The number of nitrogens with one attached hydrogen (secondary N) is 1. The Morgan fingerprint density at radius 1 is 1.41 bits per heavy atom. The van der Waals surface area contributed by atoms with Crippen LogP contribution in [0.5, 0.6) is 5.75 Å². The van der Waals surface area contributed by atoms with Gasteiger partial charge in [0.05, 0.1) is 11.7 Å². The third-order valence-corrected chi connectivity index (χ3v) is 3.26. The van der Waals surface area contributed by atoms with Crippen molar-refractivity contribution in [3.63, 3.8) is 0 Å². The van der Waals surface area contributed by atoms with E-state index in [0.29, 0.717) is 6.54 Å². The number of carbonyl (C=O) groups is 1. The van der Waals surface area contributed by atoms with Gasteiger partial charge < -0.3 is 15.0 Å². The highest BCUT2D eigenvalue weighted by Gasteiger charge is 2.32. The lowest BCUT2D eigenvalue weighted by atomic mass is 10.2. The second-order valence-electron chi connectivity index (χ2n) is 4.91. The standard InChI is InChI=1S/C15H17F3N2O2/c1-2-6-11-7-5-10-20(11)14(21)19-12-8-3-4-9-13(12)22-15(16,17)18/h3-5,7-9,11H,2,6,10H2,1H3,(H,19,21). The molecule has 22 heavy (non-hydrogen) atoms. The number of amides is 2. The number of anilines is 1. The van der Waals surface area contributed by atoms with Crippen molar-refractivity contribution in [1.82, 2.24) is 4.90 Å². The minimum absolute atomic E-state index is 0.00743. The Morgan fingerprint density at radius 2 is 2.14 bits per heavy atom. The van der Waals surface area contributed by atoms with Crippen molar-refractivity contribution in [2.45, 2.75) is 32.2 Å². The van der Waals surface area contributed by atoms with Crippen LogP contribution in [0.15, 0.2) is 36.4 Å². The second-order valence-corrected chi connectivity index (χ2v) is 4.91. The summed E-state index contributed by atoms with van der Waals surface area (Å²) in [5, 5.41) is 2.49. The van der Waals surface area contributed by atoms with Crippen LogP contribution in [0.2, 0.25) is 0 Å². The van der Waals surface area contributed by atoms with E-state index in [1.54, 1.807) is 4.90 Å². The van der Waals surface area contributed by atoms with Gasteiger partial charge in [-0.15, -0.1) is 13.2 Å². The quantitative estimate of drug-likeness (QED) is 0.848. The Morgan fingerprint density at radius 3 is 2.82 bits per heavy atom. The molecule has 2 amide bonds. The Balaban J connectivity index is 2.09. The SMILES string of the molecule is CCCC1C=CCN1C(=O)Nc1ccccc1OC(F)(F)F. The minimum Gasteiger partial charge on any atom is -0.404 e. The number of hydrogen-bond donors (Lipinski definition) is 1. The van der Waals surface area contributed by atoms with Crippen LogP contribution in [0.1, 0.15) is 19.8 Å².